The molecule has 1 aliphatic carbocycles. The number of rotatable bonds is 3. The zero-order valence-electron chi connectivity index (χ0n) is 8.80. The van der Waals surface area contributed by atoms with E-state index in [1.165, 1.54) is 0 Å². The molecule has 0 aliphatic heterocycles. The van der Waals surface area contributed by atoms with Crippen LogP contribution in [0, 0.1) is 17.8 Å². The van der Waals surface area contributed by atoms with E-state index in [1.807, 2.05) is 0 Å². The van der Waals surface area contributed by atoms with E-state index in [1.54, 1.807) is 0 Å². The van der Waals surface area contributed by atoms with E-state index in [4.69, 9.17) is 0 Å². The third kappa shape index (κ3) is 1.28. The first-order valence-corrected chi connectivity index (χ1v) is 5.28. The summed E-state index contributed by atoms with van der Waals surface area (Å²) in [5.41, 5.74) is -0.330. The summed E-state index contributed by atoms with van der Waals surface area (Å²) in [6, 6.07) is 0. The molecule has 0 heterocycles. The number of hydrogen-bond donors (Lipinski definition) is 1. The highest BCUT2D eigenvalue weighted by atomic mass is 16.3. The predicted molar refractivity (Wildman–Crippen MR) is 52.0 cm³/mol. The van der Waals surface area contributed by atoms with Crippen LogP contribution in [0.3, 0.4) is 0 Å². The van der Waals surface area contributed by atoms with E-state index in [2.05, 4.69) is 27.7 Å². The molecule has 1 fully saturated rings. The molecule has 0 aromatic heterocycles. The lowest BCUT2D eigenvalue weighted by Gasteiger charge is -2.53. The van der Waals surface area contributed by atoms with Crippen molar-refractivity contribution in [2.24, 2.45) is 17.8 Å². The Morgan fingerprint density at radius 3 is 2.08 bits per heavy atom. The summed E-state index contributed by atoms with van der Waals surface area (Å²) in [7, 11) is 0. The van der Waals surface area contributed by atoms with Gasteiger partial charge in [0.05, 0.1) is 5.60 Å². The van der Waals surface area contributed by atoms with Crippen LogP contribution in [0.4, 0.5) is 0 Å². The fraction of sp³-hybridized carbons (Fsp3) is 1.00. The molecule has 1 rings (SSSR count). The molecule has 0 saturated heterocycles. The minimum Gasteiger partial charge on any atom is -0.389 e. The van der Waals surface area contributed by atoms with Crippen molar-refractivity contribution in [3.05, 3.63) is 0 Å². The second-order valence-corrected chi connectivity index (χ2v) is 4.47. The van der Waals surface area contributed by atoms with Crippen LogP contribution in [0.5, 0.6) is 0 Å². The molecule has 1 aliphatic rings. The molecule has 1 nitrogen and oxygen atoms in total. The van der Waals surface area contributed by atoms with E-state index < -0.39 is 0 Å². The second-order valence-electron chi connectivity index (χ2n) is 4.47. The largest absolute Gasteiger partial charge is 0.389 e. The molecule has 0 spiro atoms. The highest BCUT2D eigenvalue weighted by Crippen LogP contribution is 2.49. The summed E-state index contributed by atoms with van der Waals surface area (Å²) in [6.45, 7) is 8.79. The minimum absolute atomic E-state index is 0.330. The van der Waals surface area contributed by atoms with Gasteiger partial charge >= 0.3 is 0 Å². The highest BCUT2D eigenvalue weighted by molar-refractivity contribution is 5.01. The van der Waals surface area contributed by atoms with Crippen LogP contribution in [-0.4, -0.2) is 10.7 Å². The first-order valence-electron chi connectivity index (χ1n) is 5.28. The van der Waals surface area contributed by atoms with Crippen LogP contribution in [-0.2, 0) is 0 Å². The average molecular weight is 170 g/mol. The third-order valence-electron chi connectivity index (χ3n) is 3.98. The summed E-state index contributed by atoms with van der Waals surface area (Å²) >= 11 is 0. The first kappa shape index (κ1) is 10.0. The maximum atomic E-state index is 10.3. The van der Waals surface area contributed by atoms with E-state index in [9.17, 15) is 5.11 Å². The van der Waals surface area contributed by atoms with E-state index in [-0.39, 0.29) is 5.60 Å². The van der Waals surface area contributed by atoms with Crippen LogP contribution in [0.2, 0.25) is 0 Å². The molecule has 0 aromatic rings. The lowest BCUT2D eigenvalue weighted by atomic mass is 9.57. The van der Waals surface area contributed by atoms with Crippen molar-refractivity contribution in [2.75, 3.05) is 0 Å². The molecular formula is C11H22O. The topological polar surface area (TPSA) is 20.2 Å². The van der Waals surface area contributed by atoms with Crippen LogP contribution in [0.15, 0.2) is 0 Å². The van der Waals surface area contributed by atoms with Gasteiger partial charge in [-0.2, -0.15) is 0 Å². The van der Waals surface area contributed by atoms with Crippen molar-refractivity contribution in [3.63, 3.8) is 0 Å². The highest BCUT2D eigenvalue weighted by Gasteiger charge is 2.51. The Morgan fingerprint density at radius 2 is 1.83 bits per heavy atom. The molecule has 1 saturated carbocycles. The zero-order chi connectivity index (χ0) is 9.35. The Hall–Kier alpha value is -0.0400. The van der Waals surface area contributed by atoms with Gasteiger partial charge in [0, 0.05) is 0 Å². The van der Waals surface area contributed by atoms with Crippen molar-refractivity contribution in [2.45, 2.75) is 52.6 Å². The van der Waals surface area contributed by atoms with Gasteiger partial charge in [-0.05, 0) is 24.2 Å². The fourth-order valence-corrected chi connectivity index (χ4v) is 2.74. The Bertz CT molecular complexity index is 151. The van der Waals surface area contributed by atoms with Crippen LogP contribution >= 0.6 is 0 Å². The van der Waals surface area contributed by atoms with Gasteiger partial charge in [0.15, 0.2) is 0 Å². The van der Waals surface area contributed by atoms with Gasteiger partial charge in [-0.1, -0.05) is 40.5 Å². The molecule has 0 radical (unpaired) electrons. The molecule has 72 valence electrons. The van der Waals surface area contributed by atoms with Crippen molar-refractivity contribution in [3.8, 4) is 0 Å². The van der Waals surface area contributed by atoms with Crippen molar-refractivity contribution in [1.29, 1.82) is 0 Å². The molecular weight excluding hydrogens is 148 g/mol. The monoisotopic (exact) mass is 170 g/mol. The Balaban J connectivity index is 2.60. The zero-order valence-corrected chi connectivity index (χ0v) is 8.80. The fourth-order valence-electron chi connectivity index (χ4n) is 2.74. The van der Waals surface area contributed by atoms with Crippen LogP contribution in [0.25, 0.3) is 0 Å². The van der Waals surface area contributed by atoms with Crippen LogP contribution < -0.4 is 0 Å². The number of aliphatic hydroxyl groups is 1. The summed E-state index contributed by atoms with van der Waals surface area (Å²) in [6.07, 6.45) is 3.24. The Kier molecular flexibility index (Phi) is 2.82. The van der Waals surface area contributed by atoms with Gasteiger partial charge in [-0.15, -0.1) is 0 Å². The first-order chi connectivity index (χ1) is 5.56. The van der Waals surface area contributed by atoms with Gasteiger partial charge in [0.25, 0.3) is 0 Å². The number of hydrogen-bond acceptors (Lipinski definition) is 1. The molecule has 0 amide bonds. The molecule has 0 aromatic carbocycles. The molecule has 0 bridgehead atoms. The van der Waals surface area contributed by atoms with Crippen molar-refractivity contribution < 1.29 is 5.11 Å². The molecule has 1 heteroatoms. The van der Waals surface area contributed by atoms with Crippen molar-refractivity contribution >= 4 is 0 Å². The maximum absolute atomic E-state index is 10.3. The maximum Gasteiger partial charge on any atom is 0.0706 e. The Labute approximate surface area is 76.2 Å². The standard InChI is InChI=1S/C11H22O/c1-5-10(6-2)11(12)7-8(3)9(11)4/h8-10,12H,5-7H2,1-4H3. The quantitative estimate of drug-likeness (QED) is 0.690. The summed E-state index contributed by atoms with van der Waals surface area (Å²) in [4.78, 5) is 0. The molecule has 3 atom stereocenters. The molecule has 12 heavy (non-hydrogen) atoms. The third-order valence-corrected chi connectivity index (χ3v) is 3.98. The molecule has 1 N–H and O–H groups in total. The Morgan fingerprint density at radius 1 is 1.33 bits per heavy atom. The summed E-state index contributed by atoms with van der Waals surface area (Å²) in [5, 5.41) is 10.3. The van der Waals surface area contributed by atoms with E-state index in [0.29, 0.717) is 11.8 Å². The smallest absolute Gasteiger partial charge is 0.0706 e. The SMILES string of the molecule is CCC(CC)C1(O)CC(C)C1C. The van der Waals surface area contributed by atoms with Crippen molar-refractivity contribution in [1.82, 2.24) is 0 Å². The van der Waals surface area contributed by atoms with Gasteiger partial charge < -0.3 is 5.11 Å². The molecule has 3 unspecified atom stereocenters. The minimum atomic E-state index is -0.330. The predicted octanol–water partition coefficient (Wildman–Crippen LogP) is 2.83. The van der Waals surface area contributed by atoms with Crippen LogP contribution in [0.1, 0.15) is 47.0 Å². The summed E-state index contributed by atoms with van der Waals surface area (Å²) < 4.78 is 0. The normalized spacial score (nSPS) is 41.5. The summed E-state index contributed by atoms with van der Waals surface area (Å²) in [5.74, 6) is 1.74. The van der Waals surface area contributed by atoms with Gasteiger partial charge in [0.1, 0.15) is 0 Å². The van der Waals surface area contributed by atoms with E-state index in [0.717, 1.165) is 25.2 Å². The van der Waals surface area contributed by atoms with Gasteiger partial charge in [-0.3, -0.25) is 0 Å². The average Bonchev–Trinajstić information content (AvgIpc) is 2.06. The van der Waals surface area contributed by atoms with Gasteiger partial charge in [-0.25, -0.2) is 0 Å². The van der Waals surface area contributed by atoms with E-state index >= 15 is 0 Å². The second kappa shape index (κ2) is 3.37. The van der Waals surface area contributed by atoms with Gasteiger partial charge in [0.2, 0.25) is 0 Å². The lowest BCUT2D eigenvalue weighted by molar-refractivity contribution is -0.165. The lowest BCUT2D eigenvalue weighted by Crippen LogP contribution is -2.56.